The molecule has 1 heterocycles. The second kappa shape index (κ2) is 10.3. The lowest BCUT2D eigenvalue weighted by molar-refractivity contribution is 0.0273. The van der Waals surface area contributed by atoms with Crippen LogP contribution < -0.4 is 5.32 Å². The van der Waals surface area contributed by atoms with Gasteiger partial charge in [-0.3, -0.25) is 4.79 Å². The molecular formula is C21H27Cl2N3O2. The van der Waals surface area contributed by atoms with Crippen molar-refractivity contribution >= 4 is 29.1 Å². The zero-order valence-corrected chi connectivity index (χ0v) is 17.7. The molecule has 1 aliphatic carbocycles. The lowest BCUT2D eigenvalue weighted by atomic mass is 9.98. The van der Waals surface area contributed by atoms with Crippen LogP contribution in [0.1, 0.15) is 60.1 Å². The van der Waals surface area contributed by atoms with Crippen molar-refractivity contribution in [3.05, 3.63) is 51.3 Å². The Labute approximate surface area is 176 Å². The van der Waals surface area contributed by atoms with Crippen LogP contribution in [-0.2, 0) is 11.3 Å². The van der Waals surface area contributed by atoms with Crippen LogP contribution in [0, 0.1) is 6.92 Å². The fraction of sp³-hybridized carbons (Fsp3) is 0.524. The number of carbonyl (C=O) groups excluding carboxylic acids is 1. The van der Waals surface area contributed by atoms with Gasteiger partial charge >= 0.3 is 0 Å². The van der Waals surface area contributed by atoms with E-state index in [2.05, 4.69) is 10.4 Å². The van der Waals surface area contributed by atoms with Crippen LogP contribution in [0.3, 0.4) is 0 Å². The molecule has 0 atom stereocenters. The molecule has 0 saturated heterocycles. The van der Waals surface area contributed by atoms with Gasteiger partial charge in [0.1, 0.15) is 5.15 Å². The zero-order valence-electron chi connectivity index (χ0n) is 16.2. The van der Waals surface area contributed by atoms with Gasteiger partial charge in [0, 0.05) is 18.2 Å². The third-order valence-electron chi connectivity index (χ3n) is 5.08. The van der Waals surface area contributed by atoms with Gasteiger partial charge in [-0.2, -0.15) is 5.10 Å². The first-order valence-electron chi connectivity index (χ1n) is 9.92. The number of rotatable bonds is 8. The maximum absolute atomic E-state index is 12.6. The number of halogens is 2. The van der Waals surface area contributed by atoms with E-state index in [4.69, 9.17) is 27.9 Å². The molecule has 1 aliphatic rings. The molecule has 2 aromatic rings. The van der Waals surface area contributed by atoms with Crippen LogP contribution >= 0.6 is 23.2 Å². The number of amides is 1. The number of hydrogen-bond donors (Lipinski definition) is 1. The van der Waals surface area contributed by atoms with Crippen LogP contribution in [-0.4, -0.2) is 34.9 Å². The van der Waals surface area contributed by atoms with E-state index in [1.807, 2.05) is 24.3 Å². The smallest absolute Gasteiger partial charge is 0.256 e. The molecule has 0 aliphatic heterocycles. The highest BCUT2D eigenvalue weighted by atomic mass is 35.5. The number of nitrogens with zero attached hydrogens (tertiary/aromatic N) is 2. The molecule has 28 heavy (non-hydrogen) atoms. The number of hydrogen-bond acceptors (Lipinski definition) is 3. The first kappa shape index (κ1) is 21.2. The van der Waals surface area contributed by atoms with Gasteiger partial charge in [-0.05, 0) is 37.8 Å². The van der Waals surface area contributed by atoms with Crippen LogP contribution in [0.15, 0.2) is 24.3 Å². The zero-order chi connectivity index (χ0) is 19.9. The topological polar surface area (TPSA) is 56.2 Å². The molecule has 0 radical (unpaired) electrons. The van der Waals surface area contributed by atoms with E-state index in [1.54, 1.807) is 11.6 Å². The molecule has 1 saturated carbocycles. The van der Waals surface area contributed by atoms with Crippen LogP contribution in [0.4, 0.5) is 0 Å². The fourth-order valence-corrected chi connectivity index (χ4v) is 4.06. The second-order valence-corrected chi connectivity index (χ2v) is 8.01. The highest BCUT2D eigenvalue weighted by Crippen LogP contribution is 2.23. The van der Waals surface area contributed by atoms with Gasteiger partial charge in [0.25, 0.3) is 5.91 Å². The van der Waals surface area contributed by atoms with Gasteiger partial charge in [0.05, 0.1) is 23.9 Å². The predicted molar refractivity (Wildman–Crippen MR) is 112 cm³/mol. The number of ether oxygens (including phenoxy) is 1. The molecule has 1 aromatic heterocycles. The summed E-state index contributed by atoms with van der Waals surface area (Å²) in [6, 6.07) is 7.53. The Hall–Kier alpha value is -1.56. The van der Waals surface area contributed by atoms with Crippen molar-refractivity contribution in [2.45, 2.75) is 58.1 Å². The molecule has 0 unspecified atom stereocenters. The van der Waals surface area contributed by atoms with E-state index in [1.165, 1.54) is 19.3 Å². The molecule has 1 N–H and O–H groups in total. The minimum absolute atomic E-state index is 0.203. The lowest BCUT2D eigenvalue weighted by Crippen LogP contribution is -2.26. The Morgan fingerprint density at radius 3 is 2.75 bits per heavy atom. The molecule has 1 aromatic carbocycles. The first-order chi connectivity index (χ1) is 13.6. The molecule has 3 rings (SSSR count). The average molecular weight is 424 g/mol. The Morgan fingerprint density at radius 2 is 2.00 bits per heavy atom. The standard InChI is InChI=1S/C21H27Cl2N3O2/c1-15-19(20(23)26(25-15)14-16-8-5-6-11-18(16)22)21(27)24-12-7-13-28-17-9-3-2-4-10-17/h5-6,8,11,17H,2-4,7,9-10,12-14H2,1H3,(H,24,27). The third-order valence-corrected chi connectivity index (χ3v) is 5.84. The van der Waals surface area contributed by atoms with E-state index in [0.29, 0.717) is 47.2 Å². The summed E-state index contributed by atoms with van der Waals surface area (Å²) in [4.78, 5) is 12.6. The van der Waals surface area contributed by atoms with E-state index >= 15 is 0 Å². The van der Waals surface area contributed by atoms with Crippen LogP contribution in [0.25, 0.3) is 0 Å². The van der Waals surface area contributed by atoms with Crippen LogP contribution in [0.5, 0.6) is 0 Å². The SMILES string of the molecule is Cc1nn(Cc2ccccc2Cl)c(Cl)c1C(=O)NCCCOC1CCCCC1. The number of carbonyl (C=O) groups is 1. The largest absolute Gasteiger partial charge is 0.378 e. The average Bonchev–Trinajstić information content (AvgIpc) is 2.97. The molecule has 0 bridgehead atoms. The summed E-state index contributed by atoms with van der Waals surface area (Å²) >= 11 is 12.7. The monoisotopic (exact) mass is 423 g/mol. The Kier molecular flexibility index (Phi) is 7.77. The van der Waals surface area contributed by atoms with Crippen molar-refractivity contribution in [1.82, 2.24) is 15.1 Å². The predicted octanol–water partition coefficient (Wildman–Crippen LogP) is 5.02. The number of aromatic nitrogens is 2. The highest BCUT2D eigenvalue weighted by Gasteiger charge is 2.20. The van der Waals surface area contributed by atoms with E-state index in [-0.39, 0.29) is 5.91 Å². The summed E-state index contributed by atoms with van der Waals surface area (Å²) in [5.74, 6) is -0.203. The summed E-state index contributed by atoms with van der Waals surface area (Å²) in [6.07, 6.45) is 7.34. The Bertz CT molecular complexity index is 801. The van der Waals surface area contributed by atoms with Gasteiger partial charge in [-0.15, -0.1) is 0 Å². The van der Waals surface area contributed by atoms with Gasteiger partial charge in [-0.25, -0.2) is 4.68 Å². The van der Waals surface area contributed by atoms with Crippen molar-refractivity contribution in [2.24, 2.45) is 0 Å². The second-order valence-electron chi connectivity index (χ2n) is 7.24. The fourth-order valence-electron chi connectivity index (χ4n) is 3.55. The minimum Gasteiger partial charge on any atom is -0.378 e. The summed E-state index contributed by atoms with van der Waals surface area (Å²) in [6.45, 7) is 3.43. The van der Waals surface area contributed by atoms with Crippen molar-refractivity contribution in [1.29, 1.82) is 0 Å². The van der Waals surface area contributed by atoms with Gasteiger partial charge in [0.2, 0.25) is 0 Å². The number of nitrogens with one attached hydrogen (secondary N) is 1. The van der Waals surface area contributed by atoms with Gasteiger partial charge in [0.15, 0.2) is 0 Å². The quantitative estimate of drug-likeness (QED) is 0.606. The maximum atomic E-state index is 12.6. The summed E-state index contributed by atoms with van der Waals surface area (Å²) in [7, 11) is 0. The van der Waals surface area contributed by atoms with Crippen molar-refractivity contribution in [2.75, 3.05) is 13.2 Å². The van der Waals surface area contributed by atoms with E-state index in [0.717, 1.165) is 24.8 Å². The van der Waals surface area contributed by atoms with E-state index < -0.39 is 0 Å². The summed E-state index contributed by atoms with van der Waals surface area (Å²) in [5.41, 5.74) is 1.93. The third kappa shape index (κ3) is 5.49. The molecule has 5 nitrogen and oxygen atoms in total. The van der Waals surface area contributed by atoms with E-state index in [9.17, 15) is 4.79 Å². The maximum Gasteiger partial charge on any atom is 0.256 e. The molecular weight excluding hydrogens is 397 g/mol. The molecule has 1 amide bonds. The summed E-state index contributed by atoms with van der Waals surface area (Å²) < 4.78 is 7.50. The Balaban J connectivity index is 1.51. The first-order valence-corrected chi connectivity index (χ1v) is 10.7. The lowest BCUT2D eigenvalue weighted by Gasteiger charge is -2.21. The van der Waals surface area contributed by atoms with Gasteiger partial charge < -0.3 is 10.1 Å². The summed E-state index contributed by atoms with van der Waals surface area (Å²) in [5, 5.41) is 8.31. The van der Waals surface area contributed by atoms with Gasteiger partial charge in [-0.1, -0.05) is 60.7 Å². The molecule has 7 heteroatoms. The number of benzene rings is 1. The van der Waals surface area contributed by atoms with Crippen molar-refractivity contribution in [3.8, 4) is 0 Å². The number of aryl methyl sites for hydroxylation is 1. The highest BCUT2D eigenvalue weighted by molar-refractivity contribution is 6.33. The van der Waals surface area contributed by atoms with Crippen LogP contribution in [0.2, 0.25) is 10.2 Å². The van der Waals surface area contributed by atoms with Crippen molar-refractivity contribution < 1.29 is 9.53 Å². The molecule has 0 spiro atoms. The molecule has 152 valence electrons. The van der Waals surface area contributed by atoms with Crippen molar-refractivity contribution in [3.63, 3.8) is 0 Å². The minimum atomic E-state index is -0.203. The Morgan fingerprint density at radius 1 is 1.25 bits per heavy atom. The normalized spacial score (nSPS) is 15.0. The molecule has 1 fully saturated rings.